The molecular formula is C21H22N2O8. The summed E-state index contributed by atoms with van der Waals surface area (Å²) in [7, 11) is 0. The van der Waals surface area contributed by atoms with E-state index in [1.807, 2.05) is 0 Å². The second kappa shape index (κ2) is 10.7. The Morgan fingerprint density at radius 3 is 2.10 bits per heavy atom. The fourth-order valence-electron chi connectivity index (χ4n) is 2.88. The summed E-state index contributed by atoms with van der Waals surface area (Å²) in [5.41, 5.74) is 6.50. The largest absolute Gasteiger partial charge is 0.481 e. The number of hydrogen-bond acceptors (Lipinski definition) is 6. The van der Waals surface area contributed by atoms with Gasteiger partial charge in [-0.1, -0.05) is 48.5 Å². The number of para-hydroxylation sites is 1. The molecule has 0 spiro atoms. The van der Waals surface area contributed by atoms with Gasteiger partial charge in [0.15, 0.2) is 0 Å². The topological polar surface area (TPSA) is 167 Å². The highest BCUT2D eigenvalue weighted by Crippen LogP contribution is 2.26. The number of ether oxygens (including phenoxy) is 1. The van der Waals surface area contributed by atoms with Crippen LogP contribution in [-0.4, -0.2) is 51.4 Å². The number of carbonyl (C=O) groups is 4. The molecule has 0 aliphatic heterocycles. The third-order valence-electron chi connectivity index (χ3n) is 4.37. The van der Waals surface area contributed by atoms with E-state index in [2.05, 4.69) is 0 Å². The number of anilines is 1. The van der Waals surface area contributed by atoms with Crippen molar-refractivity contribution < 1.29 is 39.2 Å². The molecule has 0 bridgehead atoms. The predicted octanol–water partition coefficient (Wildman–Crippen LogP) is 1.71. The summed E-state index contributed by atoms with van der Waals surface area (Å²) in [5, 5.41) is 27.9. The van der Waals surface area contributed by atoms with E-state index in [4.69, 9.17) is 20.7 Å². The first-order chi connectivity index (χ1) is 14.7. The van der Waals surface area contributed by atoms with Crippen molar-refractivity contribution in [1.29, 1.82) is 0 Å². The van der Waals surface area contributed by atoms with Crippen molar-refractivity contribution in [3.8, 4) is 0 Å². The number of aliphatic carboxylic acids is 3. The lowest BCUT2D eigenvalue weighted by molar-refractivity contribution is -0.145. The minimum Gasteiger partial charge on any atom is -0.481 e. The molecule has 0 aromatic heterocycles. The number of nitrogens with zero attached hydrogens (tertiary/aromatic N) is 1. The molecule has 10 nitrogen and oxygen atoms in total. The highest BCUT2D eigenvalue weighted by atomic mass is 16.6. The fourth-order valence-corrected chi connectivity index (χ4v) is 2.88. The number of carbonyl (C=O) groups excluding carboxylic acids is 1. The van der Waals surface area contributed by atoms with Gasteiger partial charge in [-0.3, -0.25) is 14.5 Å². The molecule has 10 heteroatoms. The summed E-state index contributed by atoms with van der Waals surface area (Å²) in [6.45, 7) is -0.174. The summed E-state index contributed by atoms with van der Waals surface area (Å²) in [6.07, 6.45) is -2.20. The highest BCUT2D eigenvalue weighted by molar-refractivity contribution is 5.97. The first-order valence-corrected chi connectivity index (χ1v) is 9.21. The van der Waals surface area contributed by atoms with Gasteiger partial charge in [-0.25, -0.2) is 9.59 Å². The van der Waals surface area contributed by atoms with Gasteiger partial charge in [-0.2, -0.15) is 0 Å². The lowest BCUT2D eigenvalue weighted by Crippen LogP contribution is -2.47. The van der Waals surface area contributed by atoms with Crippen molar-refractivity contribution in [1.82, 2.24) is 0 Å². The van der Waals surface area contributed by atoms with Crippen LogP contribution in [-0.2, 0) is 32.1 Å². The fraction of sp³-hybridized carbons (Fsp3) is 0.238. The average molecular weight is 430 g/mol. The van der Waals surface area contributed by atoms with Crippen LogP contribution in [0.15, 0.2) is 54.6 Å². The van der Waals surface area contributed by atoms with E-state index in [1.54, 1.807) is 36.4 Å². The van der Waals surface area contributed by atoms with Crippen molar-refractivity contribution in [2.45, 2.75) is 31.5 Å². The summed E-state index contributed by atoms with van der Waals surface area (Å²) < 4.78 is 5.25. The highest BCUT2D eigenvalue weighted by Gasteiger charge is 2.35. The van der Waals surface area contributed by atoms with E-state index in [1.165, 1.54) is 18.2 Å². The normalized spacial score (nSPS) is 12.4. The average Bonchev–Trinajstić information content (AvgIpc) is 2.73. The molecule has 0 saturated carbocycles. The van der Waals surface area contributed by atoms with Crippen molar-refractivity contribution >= 4 is 29.7 Å². The van der Waals surface area contributed by atoms with Gasteiger partial charge in [0.2, 0.25) is 0 Å². The van der Waals surface area contributed by atoms with Gasteiger partial charge < -0.3 is 25.8 Å². The molecule has 0 fully saturated rings. The van der Waals surface area contributed by atoms with Gasteiger partial charge in [0.25, 0.3) is 0 Å². The summed E-state index contributed by atoms with van der Waals surface area (Å²) in [5.74, 6) is -4.28. The molecule has 2 atom stereocenters. The smallest absolute Gasteiger partial charge is 0.415 e. The van der Waals surface area contributed by atoms with Crippen molar-refractivity contribution in [2.75, 3.05) is 4.90 Å². The first kappa shape index (κ1) is 23.4. The van der Waals surface area contributed by atoms with Gasteiger partial charge in [-0.05, 0) is 17.2 Å². The van der Waals surface area contributed by atoms with Crippen molar-refractivity contribution in [3.63, 3.8) is 0 Å². The maximum Gasteiger partial charge on any atom is 0.415 e. The molecule has 1 amide bonds. The van der Waals surface area contributed by atoms with Crippen LogP contribution in [0.25, 0.3) is 0 Å². The number of benzene rings is 2. The van der Waals surface area contributed by atoms with Gasteiger partial charge in [0.05, 0.1) is 12.1 Å². The van der Waals surface area contributed by atoms with E-state index in [9.17, 15) is 24.3 Å². The van der Waals surface area contributed by atoms with Crippen molar-refractivity contribution in [2.24, 2.45) is 5.73 Å². The molecule has 2 rings (SSSR count). The predicted molar refractivity (Wildman–Crippen MR) is 109 cm³/mol. The molecule has 0 radical (unpaired) electrons. The zero-order valence-electron chi connectivity index (χ0n) is 16.4. The Balaban J connectivity index is 2.44. The lowest BCUT2D eigenvalue weighted by Gasteiger charge is -2.29. The maximum atomic E-state index is 12.9. The zero-order chi connectivity index (χ0) is 23.0. The zero-order valence-corrected chi connectivity index (χ0v) is 16.4. The first-order valence-electron chi connectivity index (χ1n) is 9.21. The molecule has 2 aromatic rings. The molecule has 2 aromatic carbocycles. The van der Waals surface area contributed by atoms with Crippen LogP contribution < -0.4 is 10.6 Å². The Bertz CT molecular complexity index is 947. The standard InChI is InChI=1S/C21H22N2O8/c22-15(19(26)27)10-14-8-4-5-9-16(14)23(17(20(28)29)11-18(24)25)21(30)31-12-13-6-2-1-3-7-13/h1-9,15,17H,10-12,22H2,(H,24,25)(H,26,27)(H,28,29)/t15-,17-/m0/s1. The molecule has 0 aliphatic carbocycles. The quantitative estimate of drug-likeness (QED) is 0.438. The van der Waals surface area contributed by atoms with Crippen molar-refractivity contribution in [3.05, 3.63) is 65.7 Å². The Hall–Kier alpha value is -3.92. The van der Waals surface area contributed by atoms with Crippen LogP contribution in [0, 0.1) is 0 Å². The van der Waals surface area contributed by atoms with Gasteiger partial charge in [0.1, 0.15) is 18.7 Å². The molecule has 164 valence electrons. The van der Waals surface area contributed by atoms with E-state index >= 15 is 0 Å². The monoisotopic (exact) mass is 430 g/mol. The van der Waals surface area contributed by atoms with E-state index in [0.717, 1.165) is 0 Å². The summed E-state index contributed by atoms with van der Waals surface area (Å²) in [6, 6.07) is 11.5. The third-order valence-corrected chi connectivity index (χ3v) is 4.37. The van der Waals surface area contributed by atoms with Gasteiger partial charge in [-0.15, -0.1) is 0 Å². The Morgan fingerprint density at radius 2 is 1.52 bits per heavy atom. The number of nitrogens with two attached hydrogens (primary N) is 1. The summed E-state index contributed by atoms with van der Waals surface area (Å²) >= 11 is 0. The molecule has 0 heterocycles. The summed E-state index contributed by atoms with van der Waals surface area (Å²) in [4.78, 5) is 47.9. The second-order valence-corrected chi connectivity index (χ2v) is 6.64. The van der Waals surface area contributed by atoms with Gasteiger partial charge in [0, 0.05) is 6.42 Å². The molecule has 0 unspecified atom stereocenters. The third kappa shape index (κ3) is 6.54. The number of carboxylic acids is 3. The Labute approximate surface area is 177 Å². The van der Waals surface area contributed by atoms with Crippen LogP contribution in [0.2, 0.25) is 0 Å². The van der Waals surface area contributed by atoms with Crippen LogP contribution >= 0.6 is 0 Å². The Kier molecular flexibility index (Phi) is 8.09. The number of carboxylic acid groups (broad SMARTS) is 3. The maximum absolute atomic E-state index is 12.9. The molecule has 0 saturated heterocycles. The van der Waals surface area contributed by atoms with E-state index < -0.39 is 42.5 Å². The van der Waals surface area contributed by atoms with Crippen LogP contribution in [0.5, 0.6) is 0 Å². The Morgan fingerprint density at radius 1 is 0.903 bits per heavy atom. The van der Waals surface area contributed by atoms with Crippen LogP contribution in [0.4, 0.5) is 10.5 Å². The van der Waals surface area contributed by atoms with Crippen LogP contribution in [0.3, 0.4) is 0 Å². The van der Waals surface area contributed by atoms with Crippen LogP contribution in [0.1, 0.15) is 17.5 Å². The van der Waals surface area contributed by atoms with Gasteiger partial charge >= 0.3 is 24.0 Å². The minimum atomic E-state index is -1.79. The molecule has 31 heavy (non-hydrogen) atoms. The SMILES string of the molecule is N[C@@H](Cc1ccccc1N(C(=O)OCc1ccccc1)[C@@H](CC(=O)O)C(=O)O)C(=O)O. The number of hydrogen-bond donors (Lipinski definition) is 4. The van der Waals surface area contributed by atoms with E-state index in [0.29, 0.717) is 10.5 Å². The second-order valence-electron chi connectivity index (χ2n) is 6.64. The number of amides is 1. The molecule has 0 aliphatic rings. The minimum absolute atomic E-state index is 0.00547. The lowest BCUT2D eigenvalue weighted by atomic mass is 10.0. The van der Waals surface area contributed by atoms with E-state index in [-0.39, 0.29) is 24.3 Å². The number of rotatable bonds is 10. The molecular weight excluding hydrogens is 408 g/mol. The molecule has 5 N–H and O–H groups in total.